The number of esters is 1. The molecular formula is C10H10BrFO2S. The number of hydrogen-bond donors (Lipinski definition) is 0. The van der Waals surface area contributed by atoms with E-state index < -0.39 is 0 Å². The van der Waals surface area contributed by atoms with Crippen molar-refractivity contribution in [3.63, 3.8) is 0 Å². The van der Waals surface area contributed by atoms with E-state index in [0.29, 0.717) is 5.75 Å². The zero-order chi connectivity index (χ0) is 11.3. The minimum atomic E-state index is -0.336. The van der Waals surface area contributed by atoms with Gasteiger partial charge in [-0.25, -0.2) is 4.39 Å². The van der Waals surface area contributed by atoms with E-state index in [1.54, 1.807) is 12.1 Å². The van der Waals surface area contributed by atoms with E-state index >= 15 is 0 Å². The molecule has 0 heterocycles. The Bertz CT molecular complexity index is 329. The summed E-state index contributed by atoms with van der Waals surface area (Å²) in [6.45, 7) is 0. The second-order valence-electron chi connectivity index (χ2n) is 2.76. The van der Waals surface area contributed by atoms with Gasteiger partial charge in [0.15, 0.2) is 0 Å². The summed E-state index contributed by atoms with van der Waals surface area (Å²) in [5.74, 6) is -0.00879. The highest BCUT2D eigenvalue weighted by atomic mass is 79.9. The largest absolute Gasteiger partial charge is 0.468 e. The number of alkyl halides is 1. The van der Waals surface area contributed by atoms with Crippen molar-refractivity contribution in [2.24, 2.45) is 0 Å². The first kappa shape index (κ1) is 12.5. The van der Waals surface area contributed by atoms with E-state index in [1.807, 2.05) is 0 Å². The van der Waals surface area contributed by atoms with E-state index in [0.717, 1.165) is 4.90 Å². The maximum Gasteiger partial charge on any atom is 0.320 e. The number of hydrogen-bond acceptors (Lipinski definition) is 3. The van der Waals surface area contributed by atoms with Crippen molar-refractivity contribution in [3.05, 3.63) is 30.1 Å². The van der Waals surface area contributed by atoms with Gasteiger partial charge in [-0.2, -0.15) is 0 Å². The summed E-state index contributed by atoms with van der Waals surface area (Å²) in [6.07, 6.45) is 0. The van der Waals surface area contributed by atoms with Crippen molar-refractivity contribution >= 4 is 33.7 Å². The summed E-state index contributed by atoms with van der Waals surface area (Å²) >= 11 is 4.67. The molecule has 5 heteroatoms. The van der Waals surface area contributed by atoms with Crippen LogP contribution < -0.4 is 0 Å². The van der Waals surface area contributed by atoms with Gasteiger partial charge in [0.25, 0.3) is 0 Å². The minimum Gasteiger partial charge on any atom is -0.468 e. The lowest BCUT2D eigenvalue weighted by molar-refractivity contribution is -0.139. The zero-order valence-corrected chi connectivity index (χ0v) is 10.5. The number of ether oxygens (including phenoxy) is 1. The smallest absolute Gasteiger partial charge is 0.320 e. The lowest BCUT2D eigenvalue weighted by Gasteiger charge is -2.06. The summed E-state index contributed by atoms with van der Waals surface area (Å²) in [7, 11) is 1.35. The normalized spacial score (nSPS) is 12.2. The maximum atomic E-state index is 12.6. The molecule has 0 N–H and O–H groups in total. The molecule has 0 spiro atoms. The zero-order valence-electron chi connectivity index (χ0n) is 8.07. The highest BCUT2D eigenvalue weighted by Crippen LogP contribution is 2.21. The Morgan fingerprint density at radius 3 is 2.67 bits per heavy atom. The van der Waals surface area contributed by atoms with Crippen LogP contribution in [0.5, 0.6) is 0 Å². The summed E-state index contributed by atoms with van der Waals surface area (Å²) in [5.41, 5.74) is 0. The van der Waals surface area contributed by atoms with E-state index in [9.17, 15) is 9.18 Å². The lowest BCUT2D eigenvalue weighted by atomic mass is 10.4. The minimum absolute atomic E-state index is 0.261. The molecule has 0 radical (unpaired) electrons. The van der Waals surface area contributed by atoms with Crippen LogP contribution in [0, 0.1) is 5.82 Å². The Labute approximate surface area is 100 Å². The van der Waals surface area contributed by atoms with Gasteiger partial charge < -0.3 is 4.74 Å². The van der Waals surface area contributed by atoms with Gasteiger partial charge in [-0.05, 0) is 24.3 Å². The average molecular weight is 293 g/mol. The number of rotatable bonds is 4. The third kappa shape index (κ3) is 4.22. The quantitative estimate of drug-likeness (QED) is 0.485. The number of carbonyl (C=O) groups excluding carboxylic acids is 1. The highest BCUT2D eigenvalue weighted by molar-refractivity contribution is 9.10. The first-order chi connectivity index (χ1) is 7.13. The van der Waals surface area contributed by atoms with Crippen LogP contribution in [-0.2, 0) is 9.53 Å². The van der Waals surface area contributed by atoms with Crippen LogP contribution in [0.15, 0.2) is 29.2 Å². The van der Waals surface area contributed by atoms with Crippen molar-refractivity contribution in [2.75, 3.05) is 12.9 Å². The Kier molecular flexibility index (Phi) is 5.11. The molecule has 1 aromatic carbocycles. The molecule has 2 nitrogen and oxygen atoms in total. The predicted octanol–water partition coefficient (Wildman–Crippen LogP) is 2.85. The van der Waals surface area contributed by atoms with Crippen LogP contribution in [0.2, 0.25) is 0 Å². The van der Waals surface area contributed by atoms with Gasteiger partial charge in [0.1, 0.15) is 10.6 Å². The molecule has 0 bridgehead atoms. The molecule has 0 aliphatic rings. The monoisotopic (exact) mass is 292 g/mol. The standard InChI is InChI=1S/C10H10BrFO2S/c1-14-10(13)9(11)6-15-8-4-2-7(12)3-5-8/h2-5,9H,6H2,1H3. The second-order valence-corrected chi connectivity index (χ2v) is 4.95. The molecule has 0 aliphatic heterocycles. The fourth-order valence-electron chi connectivity index (χ4n) is 0.896. The molecule has 82 valence electrons. The number of benzene rings is 1. The van der Waals surface area contributed by atoms with E-state index in [-0.39, 0.29) is 16.6 Å². The molecule has 0 aromatic heterocycles. The van der Waals surface area contributed by atoms with Crippen molar-refractivity contribution in [1.82, 2.24) is 0 Å². The SMILES string of the molecule is COC(=O)C(Br)CSc1ccc(F)cc1. The van der Waals surface area contributed by atoms with Crippen molar-refractivity contribution in [1.29, 1.82) is 0 Å². The predicted molar refractivity (Wildman–Crippen MR) is 61.9 cm³/mol. The molecule has 0 aliphatic carbocycles. The number of thioether (sulfide) groups is 1. The molecule has 15 heavy (non-hydrogen) atoms. The first-order valence-electron chi connectivity index (χ1n) is 4.23. The molecule has 1 rings (SSSR count). The fraction of sp³-hybridized carbons (Fsp3) is 0.300. The van der Waals surface area contributed by atoms with Crippen LogP contribution >= 0.6 is 27.7 Å². The molecule has 0 amide bonds. The molecule has 1 unspecified atom stereocenters. The summed E-state index contributed by atoms with van der Waals surface area (Å²) < 4.78 is 17.1. The summed E-state index contributed by atoms with van der Waals surface area (Å²) in [5, 5.41) is 0. The van der Waals surface area contributed by atoms with E-state index in [4.69, 9.17) is 0 Å². The fourth-order valence-corrected chi connectivity index (χ4v) is 2.28. The molecule has 1 atom stereocenters. The Morgan fingerprint density at radius 2 is 2.13 bits per heavy atom. The first-order valence-corrected chi connectivity index (χ1v) is 6.14. The van der Waals surface area contributed by atoms with Crippen molar-refractivity contribution in [3.8, 4) is 0 Å². The van der Waals surface area contributed by atoms with Gasteiger partial charge in [0.2, 0.25) is 0 Å². The number of halogens is 2. The molecule has 1 aromatic rings. The number of methoxy groups -OCH3 is 1. The summed E-state index contributed by atoms with van der Waals surface area (Å²) in [4.78, 5) is 11.6. The van der Waals surface area contributed by atoms with Gasteiger partial charge in [-0.1, -0.05) is 15.9 Å². The van der Waals surface area contributed by atoms with Crippen molar-refractivity contribution < 1.29 is 13.9 Å². The maximum absolute atomic E-state index is 12.6. The van der Waals surface area contributed by atoms with Crippen LogP contribution in [0.1, 0.15) is 0 Å². The average Bonchev–Trinajstić information content (AvgIpc) is 2.26. The topological polar surface area (TPSA) is 26.3 Å². The molecular weight excluding hydrogens is 283 g/mol. The van der Waals surface area contributed by atoms with Crippen LogP contribution in [0.4, 0.5) is 4.39 Å². The Balaban J connectivity index is 2.43. The van der Waals surface area contributed by atoms with Crippen LogP contribution in [-0.4, -0.2) is 23.7 Å². The van der Waals surface area contributed by atoms with Gasteiger partial charge in [-0.15, -0.1) is 11.8 Å². The number of carbonyl (C=O) groups is 1. The molecule has 0 saturated heterocycles. The van der Waals surface area contributed by atoms with E-state index in [2.05, 4.69) is 20.7 Å². The van der Waals surface area contributed by atoms with Crippen molar-refractivity contribution in [2.45, 2.75) is 9.72 Å². The Hall–Kier alpha value is -0.550. The molecule has 0 fully saturated rings. The van der Waals surface area contributed by atoms with Gasteiger partial charge in [-0.3, -0.25) is 4.79 Å². The van der Waals surface area contributed by atoms with Gasteiger partial charge in [0, 0.05) is 10.6 Å². The van der Waals surface area contributed by atoms with Crippen LogP contribution in [0.25, 0.3) is 0 Å². The third-order valence-electron chi connectivity index (χ3n) is 1.67. The Morgan fingerprint density at radius 1 is 1.53 bits per heavy atom. The van der Waals surface area contributed by atoms with E-state index in [1.165, 1.54) is 31.0 Å². The third-order valence-corrected chi connectivity index (χ3v) is 3.90. The summed E-state index contributed by atoms with van der Waals surface area (Å²) in [6, 6.07) is 6.14. The second kappa shape index (κ2) is 6.12. The van der Waals surface area contributed by atoms with Crippen LogP contribution in [0.3, 0.4) is 0 Å². The lowest BCUT2D eigenvalue weighted by Crippen LogP contribution is -2.17. The van der Waals surface area contributed by atoms with Gasteiger partial charge in [0.05, 0.1) is 7.11 Å². The molecule has 0 saturated carbocycles. The highest BCUT2D eigenvalue weighted by Gasteiger charge is 2.14. The van der Waals surface area contributed by atoms with Gasteiger partial charge >= 0.3 is 5.97 Å².